The summed E-state index contributed by atoms with van der Waals surface area (Å²) in [6.45, 7) is 0.386. The molecule has 13 nitrogen and oxygen atoms in total. The van der Waals surface area contributed by atoms with Gasteiger partial charge in [-0.05, 0) is 50.3 Å². The van der Waals surface area contributed by atoms with E-state index in [0.717, 1.165) is 16.5 Å². The number of carboxylic acid groups (broad SMARTS) is 2. The second-order valence-corrected chi connectivity index (χ2v) is 9.46. The molecule has 1 aromatic carbocycles. The molecule has 4 unspecified atom stereocenters. The van der Waals surface area contributed by atoms with Gasteiger partial charge in [0.25, 0.3) is 0 Å². The Balaban J connectivity index is 2.06. The van der Waals surface area contributed by atoms with Crippen LogP contribution in [0.2, 0.25) is 0 Å². The Labute approximate surface area is 230 Å². The molecule has 2 aromatic rings. The second kappa shape index (κ2) is 15.7. The van der Waals surface area contributed by atoms with E-state index in [1.807, 2.05) is 24.3 Å². The van der Waals surface area contributed by atoms with Gasteiger partial charge in [0.1, 0.15) is 18.1 Å². The number of nitrogens with one attached hydrogen (secondary N) is 4. The summed E-state index contributed by atoms with van der Waals surface area (Å²) < 4.78 is 0. The Morgan fingerprint density at radius 3 is 2.18 bits per heavy atom. The lowest BCUT2D eigenvalue weighted by molar-refractivity contribution is -0.143. The fourth-order valence-electron chi connectivity index (χ4n) is 3.93. The minimum atomic E-state index is -1.46. The number of rotatable bonds is 17. The van der Waals surface area contributed by atoms with Crippen LogP contribution >= 0.6 is 12.6 Å². The van der Waals surface area contributed by atoms with Crippen molar-refractivity contribution < 1.29 is 34.2 Å². The van der Waals surface area contributed by atoms with Crippen molar-refractivity contribution in [3.8, 4) is 0 Å². The number of H-pyrrole nitrogens is 1. The molecule has 0 saturated carbocycles. The molecule has 1 heterocycles. The van der Waals surface area contributed by atoms with Gasteiger partial charge in [0.15, 0.2) is 0 Å². The van der Waals surface area contributed by atoms with Crippen molar-refractivity contribution in [3.63, 3.8) is 0 Å². The van der Waals surface area contributed by atoms with Crippen LogP contribution in [-0.4, -0.2) is 81.3 Å². The first kappa shape index (κ1) is 31.6. The average molecular weight is 565 g/mol. The van der Waals surface area contributed by atoms with Gasteiger partial charge in [0.05, 0.1) is 6.04 Å². The molecule has 214 valence electrons. The molecular formula is C25H36N6O7S. The van der Waals surface area contributed by atoms with Crippen molar-refractivity contribution in [2.45, 2.75) is 62.7 Å². The lowest BCUT2D eigenvalue weighted by Gasteiger charge is -2.24. The van der Waals surface area contributed by atoms with Crippen LogP contribution in [0.3, 0.4) is 0 Å². The van der Waals surface area contributed by atoms with Gasteiger partial charge in [-0.3, -0.25) is 19.2 Å². The van der Waals surface area contributed by atoms with Crippen molar-refractivity contribution in [2.24, 2.45) is 11.5 Å². The van der Waals surface area contributed by atoms with Crippen LogP contribution in [-0.2, 0) is 30.4 Å². The normalized spacial score (nSPS) is 14.1. The predicted molar refractivity (Wildman–Crippen MR) is 147 cm³/mol. The summed E-state index contributed by atoms with van der Waals surface area (Å²) in [5, 5.41) is 26.4. The zero-order valence-corrected chi connectivity index (χ0v) is 22.3. The van der Waals surface area contributed by atoms with Gasteiger partial charge in [-0.15, -0.1) is 0 Å². The summed E-state index contributed by atoms with van der Waals surface area (Å²) in [5.74, 6) is -4.88. The van der Waals surface area contributed by atoms with Crippen LogP contribution in [0.4, 0.5) is 0 Å². The highest BCUT2D eigenvalue weighted by atomic mass is 32.1. The number of carbonyl (C=O) groups is 5. The fourth-order valence-corrected chi connectivity index (χ4v) is 4.19. The van der Waals surface area contributed by atoms with Crippen molar-refractivity contribution in [3.05, 3.63) is 36.0 Å². The number of aromatic nitrogens is 1. The molecule has 0 aliphatic rings. The number of benzene rings is 1. The largest absolute Gasteiger partial charge is 0.481 e. The number of aliphatic carboxylic acids is 2. The molecule has 14 heteroatoms. The van der Waals surface area contributed by atoms with Crippen LogP contribution in [0, 0.1) is 0 Å². The van der Waals surface area contributed by atoms with Crippen LogP contribution in [0.25, 0.3) is 10.9 Å². The highest BCUT2D eigenvalue weighted by Gasteiger charge is 2.30. The quantitative estimate of drug-likeness (QED) is 0.0889. The zero-order chi connectivity index (χ0) is 28.9. The number of aromatic amines is 1. The van der Waals surface area contributed by atoms with Gasteiger partial charge in [0, 0.05) is 29.3 Å². The number of fused-ring (bicyclic) bond motifs is 1. The maximum Gasteiger partial charge on any atom is 0.326 e. The zero-order valence-electron chi connectivity index (χ0n) is 21.4. The Bertz CT molecular complexity index is 1160. The van der Waals surface area contributed by atoms with Crippen LogP contribution in [0.5, 0.6) is 0 Å². The molecule has 0 fully saturated rings. The monoisotopic (exact) mass is 564 g/mol. The lowest BCUT2D eigenvalue weighted by Crippen LogP contribution is -2.57. The summed E-state index contributed by atoms with van der Waals surface area (Å²) in [7, 11) is 0. The summed E-state index contributed by atoms with van der Waals surface area (Å²) in [6.07, 6.45) is 2.54. The van der Waals surface area contributed by atoms with Gasteiger partial charge in [0.2, 0.25) is 17.7 Å². The van der Waals surface area contributed by atoms with E-state index in [1.54, 1.807) is 6.20 Å². The molecule has 0 spiro atoms. The SMILES string of the molecule is NCCCCC(NC(=O)C(N)Cc1c[nH]c2ccccc12)C(=O)NC(CS)C(=O)NC(CCC(=O)O)C(=O)O. The fraction of sp³-hybridized carbons (Fsp3) is 0.480. The Kier molecular flexibility index (Phi) is 12.7. The summed E-state index contributed by atoms with van der Waals surface area (Å²) >= 11 is 4.08. The molecular weight excluding hydrogens is 528 g/mol. The molecule has 4 atom stereocenters. The van der Waals surface area contributed by atoms with E-state index < -0.39 is 60.2 Å². The summed E-state index contributed by atoms with van der Waals surface area (Å²) in [5.41, 5.74) is 13.5. The molecule has 0 saturated heterocycles. The molecule has 0 aliphatic heterocycles. The van der Waals surface area contributed by atoms with Crippen LogP contribution in [0.1, 0.15) is 37.7 Å². The Morgan fingerprint density at radius 2 is 1.54 bits per heavy atom. The van der Waals surface area contributed by atoms with E-state index in [4.69, 9.17) is 16.6 Å². The number of unbranched alkanes of at least 4 members (excludes halogenated alkanes) is 1. The number of nitrogens with two attached hydrogens (primary N) is 2. The van der Waals surface area contributed by atoms with E-state index in [2.05, 4.69) is 33.6 Å². The van der Waals surface area contributed by atoms with Crippen LogP contribution < -0.4 is 27.4 Å². The van der Waals surface area contributed by atoms with Gasteiger partial charge in [-0.2, -0.15) is 12.6 Å². The average Bonchev–Trinajstić information content (AvgIpc) is 3.31. The third-order valence-corrected chi connectivity index (χ3v) is 6.47. The van der Waals surface area contributed by atoms with E-state index in [0.29, 0.717) is 19.4 Å². The maximum atomic E-state index is 13.1. The van der Waals surface area contributed by atoms with Gasteiger partial charge < -0.3 is 42.6 Å². The highest BCUT2D eigenvalue weighted by Crippen LogP contribution is 2.19. The molecule has 0 radical (unpaired) electrons. The van der Waals surface area contributed by atoms with Crippen molar-refractivity contribution >= 4 is 53.2 Å². The first-order valence-corrected chi connectivity index (χ1v) is 13.2. The number of carboxylic acids is 2. The van der Waals surface area contributed by atoms with Crippen LogP contribution in [0.15, 0.2) is 30.5 Å². The number of carbonyl (C=O) groups excluding carboxylic acids is 3. The number of hydrogen-bond acceptors (Lipinski definition) is 8. The smallest absolute Gasteiger partial charge is 0.326 e. The molecule has 1 aromatic heterocycles. The Morgan fingerprint density at radius 1 is 0.897 bits per heavy atom. The van der Waals surface area contributed by atoms with Gasteiger partial charge in [-0.1, -0.05) is 18.2 Å². The number of para-hydroxylation sites is 1. The number of thiol groups is 1. The van der Waals surface area contributed by atoms with E-state index in [-0.39, 0.29) is 25.0 Å². The van der Waals surface area contributed by atoms with Crippen molar-refractivity contribution in [1.82, 2.24) is 20.9 Å². The molecule has 39 heavy (non-hydrogen) atoms. The maximum absolute atomic E-state index is 13.1. The summed E-state index contributed by atoms with van der Waals surface area (Å²) in [4.78, 5) is 64.0. The minimum Gasteiger partial charge on any atom is -0.481 e. The standard InChI is InChI=1S/C25H36N6O7S/c26-10-4-3-7-18(29-22(34)16(27)11-14-12-28-17-6-2-1-5-15(14)17)23(35)31-20(13-39)24(36)30-19(25(37)38)8-9-21(32)33/h1-2,5-6,12,16,18-20,28,39H,3-4,7-11,13,26-27H2,(H,29,34)(H,30,36)(H,31,35)(H,32,33)(H,37,38). The van der Waals surface area contributed by atoms with Crippen molar-refractivity contribution in [2.75, 3.05) is 12.3 Å². The van der Waals surface area contributed by atoms with E-state index >= 15 is 0 Å². The van der Waals surface area contributed by atoms with Gasteiger partial charge >= 0.3 is 11.9 Å². The third kappa shape index (κ3) is 9.89. The number of hydrogen-bond donors (Lipinski definition) is 9. The van der Waals surface area contributed by atoms with Gasteiger partial charge in [-0.25, -0.2) is 4.79 Å². The first-order chi connectivity index (χ1) is 18.6. The summed E-state index contributed by atoms with van der Waals surface area (Å²) in [6, 6.07) is 2.89. The molecule has 0 aliphatic carbocycles. The molecule has 0 bridgehead atoms. The topological polar surface area (TPSA) is 230 Å². The Hall–Kier alpha value is -3.62. The molecule has 10 N–H and O–H groups in total. The van der Waals surface area contributed by atoms with E-state index in [9.17, 15) is 29.1 Å². The van der Waals surface area contributed by atoms with Crippen molar-refractivity contribution in [1.29, 1.82) is 0 Å². The second-order valence-electron chi connectivity index (χ2n) is 9.09. The highest BCUT2D eigenvalue weighted by molar-refractivity contribution is 7.80. The minimum absolute atomic E-state index is 0.174. The third-order valence-electron chi connectivity index (χ3n) is 6.11. The van der Waals surface area contributed by atoms with E-state index in [1.165, 1.54) is 0 Å². The lowest BCUT2D eigenvalue weighted by atomic mass is 10.0. The molecule has 2 rings (SSSR count). The predicted octanol–water partition coefficient (Wildman–Crippen LogP) is -0.500. The molecule has 3 amide bonds. The first-order valence-electron chi connectivity index (χ1n) is 12.5. The number of amides is 3.